The van der Waals surface area contributed by atoms with Gasteiger partial charge in [-0.05, 0) is 172 Å². The minimum atomic E-state index is 1.22. The van der Waals surface area contributed by atoms with Crippen molar-refractivity contribution in [3.63, 3.8) is 0 Å². The molecule has 0 spiro atoms. The van der Waals surface area contributed by atoms with Crippen molar-refractivity contribution in [2.75, 3.05) is 0 Å². The zero-order valence-electron chi connectivity index (χ0n) is 34.7. The molecule has 0 radical (unpaired) electrons. The SMILES string of the molecule is Cc1ccc2ccccc2c1-c1ccc2cc3c4c(-c5ccccc5)c5c(cc6c7ccccc7c7cccc5c76)c(-c5ccccc5-c5ccccc5)c4c4cccc(c2c1)c43. The summed E-state index contributed by atoms with van der Waals surface area (Å²) in [6.07, 6.45) is 0. The summed E-state index contributed by atoms with van der Waals surface area (Å²) < 4.78 is 0. The van der Waals surface area contributed by atoms with Crippen LogP contribution in [-0.2, 0) is 0 Å². The number of hydrogen-bond acceptors (Lipinski definition) is 0. The molecule has 0 unspecified atom stereocenters. The Balaban J connectivity index is 1.23. The van der Waals surface area contributed by atoms with Crippen molar-refractivity contribution < 1.29 is 0 Å². The average molecular weight is 795 g/mol. The Morgan fingerprint density at radius 3 is 1.56 bits per heavy atom. The molecule has 0 heterocycles. The van der Waals surface area contributed by atoms with E-state index in [0.29, 0.717) is 0 Å². The second kappa shape index (κ2) is 13.0. The number of benzene rings is 12. The predicted octanol–water partition coefficient (Wildman–Crippen LogP) is 17.9. The van der Waals surface area contributed by atoms with E-state index in [1.165, 1.54) is 147 Å². The second-order valence-corrected chi connectivity index (χ2v) is 17.5. The molecule has 0 aliphatic rings. The molecule has 63 heavy (non-hydrogen) atoms. The lowest BCUT2D eigenvalue weighted by Crippen LogP contribution is -1.93. The van der Waals surface area contributed by atoms with Crippen LogP contribution in [-0.4, -0.2) is 0 Å². The highest BCUT2D eigenvalue weighted by Crippen LogP contribution is 2.56. The molecule has 0 saturated carbocycles. The minimum Gasteiger partial charge on any atom is -0.0622 e. The highest BCUT2D eigenvalue weighted by molar-refractivity contribution is 6.46. The van der Waals surface area contributed by atoms with E-state index in [1.807, 2.05) is 0 Å². The van der Waals surface area contributed by atoms with Crippen molar-refractivity contribution >= 4 is 97.0 Å². The molecule has 14 aromatic carbocycles. The van der Waals surface area contributed by atoms with Gasteiger partial charge in [0.1, 0.15) is 0 Å². The van der Waals surface area contributed by atoms with Gasteiger partial charge in [0.05, 0.1) is 0 Å². The smallest absolute Gasteiger partial charge is 0.000697 e. The van der Waals surface area contributed by atoms with E-state index in [-0.39, 0.29) is 0 Å². The van der Waals surface area contributed by atoms with Gasteiger partial charge in [0.2, 0.25) is 0 Å². The van der Waals surface area contributed by atoms with Gasteiger partial charge in [-0.15, -0.1) is 0 Å². The van der Waals surface area contributed by atoms with Crippen LogP contribution >= 0.6 is 0 Å². The van der Waals surface area contributed by atoms with Crippen LogP contribution in [0.2, 0.25) is 0 Å². The Hall–Kier alpha value is -8.06. The van der Waals surface area contributed by atoms with Crippen molar-refractivity contribution in [1.82, 2.24) is 0 Å². The van der Waals surface area contributed by atoms with E-state index >= 15 is 0 Å². The molecule has 0 nitrogen and oxygen atoms in total. The molecule has 0 amide bonds. The van der Waals surface area contributed by atoms with Crippen LogP contribution in [0.5, 0.6) is 0 Å². The van der Waals surface area contributed by atoms with E-state index in [1.54, 1.807) is 0 Å². The van der Waals surface area contributed by atoms with Crippen molar-refractivity contribution in [2.24, 2.45) is 0 Å². The summed E-state index contributed by atoms with van der Waals surface area (Å²) in [5.74, 6) is 0. The molecular weight excluding hydrogens is 757 g/mol. The molecule has 0 bridgehead atoms. The maximum atomic E-state index is 2.55. The van der Waals surface area contributed by atoms with Crippen LogP contribution in [0.25, 0.3) is 141 Å². The van der Waals surface area contributed by atoms with E-state index in [0.717, 1.165) is 0 Å². The topological polar surface area (TPSA) is 0 Å². The summed E-state index contributed by atoms with van der Waals surface area (Å²) in [5, 5.41) is 23.5. The average Bonchev–Trinajstić information content (AvgIpc) is 3.85. The predicted molar refractivity (Wildman–Crippen MR) is 273 cm³/mol. The van der Waals surface area contributed by atoms with Gasteiger partial charge < -0.3 is 0 Å². The molecule has 0 aliphatic carbocycles. The maximum Gasteiger partial charge on any atom is -0.000697 e. The van der Waals surface area contributed by atoms with Crippen LogP contribution in [0.3, 0.4) is 0 Å². The molecular formula is C63H38. The Kier molecular flexibility index (Phi) is 7.13. The first-order valence-corrected chi connectivity index (χ1v) is 22.1. The Labute approximate surface area is 364 Å². The summed E-state index contributed by atoms with van der Waals surface area (Å²) in [6, 6.07) is 79.9. The fourth-order valence-electron chi connectivity index (χ4n) is 11.7. The summed E-state index contributed by atoms with van der Waals surface area (Å²) in [4.78, 5) is 0. The largest absolute Gasteiger partial charge is 0.0622 e. The Bertz CT molecular complexity index is 4180. The van der Waals surface area contributed by atoms with E-state index in [4.69, 9.17) is 0 Å². The minimum absolute atomic E-state index is 1.22. The standard InChI is InChI=1S/C63H38/c1-37-30-31-39-18-8-9-22-44(39)56(37)42-33-32-41-34-54-59-49(52(41)35-42)27-15-29-51(59)62-60(47-25-13-10-21-43(47)38-16-4-2-5-17-38)55-36-53-46-24-12-11-23-45(46)48-26-14-28-50(58(48)53)61(55)57(63(54)62)40-19-6-3-7-20-40/h2-36H,1H3. The molecule has 14 rings (SSSR count). The third-order valence-corrected chi connectivity index (χ3v) is 14.2. The Morgan fingerprint density at radius 1 is 0.222 bits per heavy atom. The first-order valence-electron chi connectivity index (χ1n) is 22.1. The van der Waals surface area contributed by atoms with Gasteiger partial charge in [-0.2, -0.15) is 0 Å². The van der Waals surface area contributed by atoms with Gasteiger partial charge in [-0.25, -0.2) is 0 Å². The highest BCUT2D eigenvalue weighted by Gasteiger charge is 2.28. The molecule has 0 heteroatoms. The molecule has 0 saturated heterocycles. The lowest BCUT2D eigenvalue weighted by molar-refractivity contribution is 1.49. The van der Waals surface area contributed by atoms with Crippen LogP contribution < -0.4 is 0 Å². The fraction of sp³-hybridized carbons (Fsp3) is 0.0159. The van der Waals surface area contributed by atoms with Crippen molar-refractivity contribution in [3.05, 3.63) is 218 Å². The Morgan fingerprint density at radius 2 is 0.778 bits per heavy atom. The summed E-state index contributed by atoms with van der Waals surface area (Å²) in [6.45, 7) is 2.25. The normalized spacial score (nSPS) is 12.2. The summed E-state index contributed by atoms with van der Waals surface area (Å²) in [7, 11) is 0. The van der Waals surface area contributed by atoms with Crippen LogP contribution in [0, 0.1) is 6.92 Å². The molecule has 0 aromatic heterocycles. The number of hydrogen-bond donors (Lipinski definition) is 0. The lowest BCUT2D eigenvalue weighted by Gasteiger charge is -2.20. The third-order valence-electron chi connectivity index (χ3n) is 14.2. The van der Waals surface area contributed by atoms with E-state index < -0.39 is 0 Å². The zero-order chi connectivity index (χ0) is 41.3. The monoisotopic (exact) mass is 794 g/mol. The van der Waals surface area contributed by atoms with Gasteiger partial charge in [0.15, 0.2) is 0 Å². The van der Waals surface area contributed by atoms with Gasteiger partial charge >= 0.3 is 0 Å². The molecule has 0 aliphatic heterocycles. The first kappa shape index (κ1) is 34.6. The van der Waals surface area contributed by atoms with Crippen LogP contribution in [0.1, 0.15) is 5.56 Å². The third kappa shape index (κ3) is 4.75. The second-order valence-electron chi connectivity index (χ2n) is 17.5. The van der Waals surface area contributed by atoms with Gasteiger partial charge in [-0.1, -0.05) is 194 Å². The number of fused-ring (bicyclic) bond motifs is 11. The van der Waals surface area contributed by atoms with Crippen molar-refractivity contribution in [3.8, 4) is 44.5 Å². The van der Waals surface area contributed by atoms with Crippen LogP contribution in [0.15, 0.2) is 212 Å². The zero-order valence-corrected chi connectivity index (χ0v) is 34.7. The van der Waals surface area contributed by atoms with Gasteiger partial charge in [0.25, 0.3) is 0 Å². The summed E-state index contributed by atoms with van der Waals surface area (Å²) >= 11 is 0. The van der Waals surface area contributed by atoms with Crippen molar-refractivity contribution in [1.29, 1.82) is 0 Å². The van der Waals surface area contributed by atoms with Crippen LogP contribution in [0.4, 0.5) is 0 Å². The quantitative estimate of drug-likeness (QED) is 0.156. The van der Waals surface area contributed by atoms with Gasteiger partial charge in [-0.3, -0.25) is 0 Å². The summed E-state index contributed by atoms with van der Waals surface area (Å²) in [5.41, 5.74) is 11.4. The van der Waals surface area contributed by atoms with E-state index in [9.17, 15) is 0 Å². The lowest BCUT2D eigenvalue weighted by atomic mass is 9.82. The molecule has 0 N–H and O–H groups in total. The molecule has 0 fully saturated rings. The first-order chi connectivity index (χ1) is 31.2. The fourth-order valence-corrected chi connectivity index (χ4v) is 11.7. The number of aryl methyl sites for hydroxylation is 1. The van der Waals surface area contributed by atoms with Gasteiger partial charge in [0, 0.05) is 0 Å². The van der Waals surface area contributed by atoms with Crippen molar-refractivity contribution in [2.45, 2.75) is 6.92 Å². The molecule has 14 aromatic rings. The highest BCUT2D eigenvalue weighted by atomic mass is 14.3. The number of rotatable bonds is 4. The molecule has 290 valence electrons. The van der Waals surface area contributed by atoms with E-state index in [2.05, 4.69) is 219 Å². The molecule has 0 atom stereocenters. The maximum absolute atomic E-state index is 2.55.